The molecule has 1 aromatic heterocycles. The summed E-state index contributed by atoms with van der Waals surface area (Å²) in [5.74, 6) is -2.90. The number of carbonyl (C=O) groups excluding carboxylic acids is 2. The number of nitrogens with two attached hydrogens (primary N) is 1. The number of halogens is 5. The van der Waals surface area contributed by atoms with Gasteiger partial charge in [-0.3, -0.25) is 9.69 Å². The molecule has 0 saturated heterocycles. The Kier molecular flexibility index (Phi) is 16.7. The van der Waals surface area contributed by atoms with E-state index in [0.717, 1.165) is 56.6 Å². The van der Waals surface area contributed by atoms with Crippen LogP contribution in [0, 0.1) is 23.6 Å². The van der Waals surface area contributed by atoms with E-state index in [1.807, 2.05) is 13.8 Å². The molecule has 0 saturated carbocycles. The second kappa shape index (κ2) is 19.9. The van der Waals surface area contributed by atoms with E-state index < -0.39 is 35.3 Å². The van der Waals surface area contributed by atoms with Crippen molar-refractivity contribution in [2.75, 3.05) is 11.9 Å². The molecular formula is C39H52F5N5O3. The quantitative estimate of drug-likeness (QED) is 0.139. The lowest BCUT2D eigenvalue weighted by Gasteiger charge is -2.37. The predicted molar refractivity (Wildman–Crippen MR) is 196 cm³/mol. The van der Waals surface area contributed by atoms with Gasteiger partial charge in [0.15, 0.2) is 0 Å². The molecule has 3 N–H and O–H groups in total. The number of carbonyl (C=O) groups is 2. The largest absolute Gasteiger partial charge is 0.493 e. The number of aromatic nitrogens is 1. The first kappa shape index (κ1) is 43.6. The van der Waals surface area contributed by atoms with Crippen molar-refractivity contribution in [2.45, 2.75) is 100 Å². The maximum atomic E-state index is 16.5. The van der Waals surface area contributed by atoms with E-state index in [4.69, 9.17) is 10.5 Å². The Labute approximate surface area is 304 Å². The molecule has 0 radical (unpaired) electrons. The van der Waals surface area contributed by atoms with E-state index in [1.54, 1.807) is 6.92 Å². The fourth-order valence-electron chi connectivity index (χ4n) is 5.62. The number of rotatable bonds is 15. The summed E-state index contributed by atoms with van der Waals surface area (Å²) >= 11 is 0. The summed E-state index contributed by atoms with van der Waals surface area (Å²) in [5.41, 5.74) is 6.17. The van der Waals surface area contributed by atoms with Gasteiger partial charge in [-0.25, -0.2) is 14.4 Å². The van der Waals surface area contributed by atoms with Crippen LogP contribution < -0.4 is 15.8 Å². The maximum Gasteiger partial charge on any atom is 0.416 e. The van der Waals surface area contributed by atoms with Crippen molar-refractivity contribution in [3.8, 4) is 5.75 Å². The van der Waals surface area contributed by atoms with Crippen LogP contribution in [0.1, 0.15) is 115 Å². The van der Waals surface area contributed by atoms with Gasteiger partial charge in [0, 0.05) is 17.5 Å². The van der Waals surface area contributed by atoms with E-state index in [-0.39, 0.29) is 52.5 Å². The molecule has 0 spiro atoms. The van der Waals surface area contributed by atoms with Gasteiger partial charge in [-0.15, -0.1) is 0 Å². The molecule has 2 heterocycles. The minimum Gasteiger partial charge on any atom is -0.493 e. The Morgan fingerprint density at radius 3 is 2.27 bits per heavy atom. The number of unbranched alkanes of at least 4 members (excludes halogenated alkanes) is 1. The fraction of sp³-hybridized carbons (Fsp3) is 0.487. The molecule has 3 unspecified atom stereocenters. The summed E-state index contributed by atoms with van der Waals surface area (Å²) in [6.45, 7) is 19.2. The van der Waals surface area contributed by atoms with E-state index in [1.165, 1.54) is 24.8 Å². The summed E-state index contributed by atoms with van der Waals surface area (Å²) in [7, 11) is 0. The van der Waals surface area contributed by atoms with Crippen molar-refractivity contribution in [1.29, 1.82) is 0 Å². The van der Waals surface area contributed by atoms with Crippen molar-refractivity contribution in [2.24, 2.45) is 28.5 Å². The molecule has 3 atom stereocenters. The Morgan fingerprint density at radius 1 is 1.06 bits per heavy atom. The number of Topliss-reactive ketones (excluding diaryl/α,β-unsaturated/α-hetero) is 1. The number of ketones is 1. The number of ether oxygens (including phenoxy) is 1. The lowest BCUT2D eigenvalue weighted by molar-refractivity contribution is -0.137. The normalized spacial score (nSPS) is 15.7. The third-order valence-electron chi connectivity index (χ3n) is 8.61. The van der Waals surface area contributed by atoms with Gasteiger partial charge in [0.2, 0.25) is 5.95 Å². The summed E-state index contributed by atoms with van der Waals surface area (Å²) in [4.78, 5) is 31.9. The van der Waals surface area contributed by atoms with Gasteiger partial charge in [0.25, 0.3) is 5.91 Å². The number of amidine groups is 1. The molecule has 1 aromatic carbocycles. The maximum absolute atomic E-state index is 16.5. The predicted octanol–water partition coefficient (Wildman–Crippen LogP) is 10.4. The highest BCUT2D eigenvalue weighted by Crippen LogP contribution is 2.43. The molecule has 13 heteroatoms. The van der Waals surface area contributed by atoms with Gasteiger partial charge in [-0.1, -0.05) is 60.5 Å². The monoisotopic (exact) mass is 733 g/mol. The van der Waals surface area contributed by atoms with Crippen LogP contribution in [0.25, 0.3) is 5.57 Å². The van der Waals surface area contributed by atoms with Crippen LogP contribution in [0.3, 0.4) is 0 Å². The summed E-state index contributed by atoms with van der Waals surface area (Å²) < 4.78 is 78.0. The Balaban J connectivity index is 0.00000222. The van der Waals surface area contributed by atoms with E-state index in [0.29, 0.717) is 29.7 Å². The van der Waals surface area contributed by atoms with Crippen LogP contribution in [0.2, 0.25) is 0 Å². The number of alkyl halides is 3. The number of aliphatic imine (C=N–C) groups is 1. The molecule has 0 fully saturated rings. The third-order valence-corrected chi connectivity index (χ3v) is 8.61. The number of anilines is 1. The van der Waals surface area contributed by atoms with Gasteiger partial charge in [0.1, 0.15) is 29.0 Å². The Bertz CT molecular complexity index is 1660. The zero-order valence-electron chi connectivity index (χ0n) is 31.4. The summed E-state index contributed by atoms with van der Waals surface area (Å²) in [6.07, 6.45) is 2.11. The van der Waals surface area contributed by atoms with E-state index in [9.17, 15) is 22.8 Å². The molecule has 0 bridgehead atoms. The minimum absolute atomic E-state index is 0.0297. The second-order valence-corrected chi connectivity index (χ2v) is 13.0. The topological polar surface area (TPSA) is 110 Å². The number of nitrogens with one attached hydrogen (secondary N) is 1. The lowest BCUT2D eigenvalue weighted by Crippen LogP contribution is -2.36. The van der Waals surface area contributed by atoms with Crippen LogP contribution in [-0.2, 0) is 11.0 Å². The van der Waals surface area contributed by atoms with Gasteiger partial charge in [-0.2, -0.15) is 17.6 Å². The van der Waals surface area contributed by atoms with E-state index >= 15 is 8.78 Å². The number of amides is 1. The third kappa shape index (κ3) is 11.7. The van der Waals surface area contributed by atoms with Gasteiger partial charge >= 0.3 is 6.18 Å². The van der Waals surface area contributed by atoms with Gasteiger partial charge in [0.05, 0.1) is 29.6 Å². The van der Waals surface area contributed by atoms with Crippen molar-refractivity contribution in [3.63, 3.8) is 0 Å². The Morgan fingerprint density at radius 2 is 1.71 bits per heavy atom. The second-order valence-electron chi connectivity index (χ2n) is 13.0. The molecular weight excluding hydrogens is 681 g/mol. The first-order valence-electron chi connectivity index (χ1n) is 17.6. The molecule has 286 valence electrons. The highest BCUT2D eigenvalue weighted by molar-refractivity contribution is 6.07. The first-order chi connectivity index (χ1) is 24.4. The number of allylic oxidation sites excluding steroid dienone is 2. The highest BCUT2D eigenvalue weighted by atomic mass is 19.4. The fourth-order valence-corrected chi connectivity index (χ4v) is 5.62. The Hall–Kier alpha value is -4.55. The lowest BCUT2D eigenvalue weighted by atomic mass is 9.85. The standard InChI is InChI=1S/C36H46F5N5O2.C3H6O/c1-8-12-13-24(16-21(5)9-2)23(7)46-29(38)20-44-34(42)33(46)31(22(6)10-3)32-27(37)17-25(18-28(32)48-11-4)35(47)45-30-19-26(14-15-43-30)36(39,40)41;1-3(2)4/h14-15,17-22,24H,7-13,16H2,1-6H3,(H2,42,44)(H,43,45,47);1-2H3/b33-31+;. The number of nitrogens with zero attached hydrogens (tertiary/aromatic N) is 3. The number of hydrogen-bond acceptors (Lipinski definition) is 7. The van der Waals surface area contributed by atoms with Crippen molar-refractivity contribution in [1.82, 2.24) is 9.88 Å². The SMILES string of the molecule is C=C(C(CCCC)CC(C)CC)N1C(F)=CN=C(N)/C1=C(\c1c(F)cc(C(=O)Nc2cc(C(F)(F)F)ccn2)cc1OCC)C(C)CC.CC(C)=O. The molecule has 3 rings (SSSR count). The zero-order chi connectivity index (χ0) is 39.3. The molecule has 1 aliphatic rings. The summed E-state index contributed by atoms with van der Waals surface area (Å²) in [5, 5.41) is 2.30. The molecule has 8 nitrogen and oxygen atoms in total. The summed E-state index contributed by atoms with van der Waals surface area (Å²) in [6, 6.07) is 3.70. The van der Waals surface area contributed by atoms with Gasteiger partial charge < -0.3 is 20.6 Å². The molecule has 0 aliphatic carbocycles. The van der Waals surface area contributed by atoms with Crippen LogP contribution in [0.5, 0.6) is 5.75 Å². The van der Waals surface area contributed by atoms with Crippen molar-refractivity contribution < 1.29 is 36.3 Å². The molecule has 52 heavy (non-hydrogen) atoms. The van der Waals surface area contributed by atoms with Gasteiger partial charge in [-0.05, 0) is 87.6 Å². The smallest absolute Gasteiger partial charge is 0.416 e. The molecule has 2 aromatic rings. The average molecular weight is 734 g/mol. The van der Waals surface area contributed by atoms with Crippen LogP contribution in [-0.4, -0.2) is 34.0 Å². The van der Waals surface area contributed by atoms with E-state index in [2.05, 4.69) is 42.6 Å². The minimum atomic E-state index is -4.65. The zero-order valence-corrected chi connectivity index (χ0v) is 31.4. The van der Waals surface area contributed by atoms with Crippen LogP contribution >= 0.6 is 0 Å². The number of benzene rings is 1. The number of pyridine rings is 1. The molecule has 1 amide bonds. The first-order valence-corrected chi connectivity index (χ1v) is 17.6. The molecule has 1 aliphatic heterocycles. The highest BCUT2D eigenvalue weighted by Gasteiger charge is 2.35. The van der Waals surface area contributed by atoms with Crippen LogP contribution in [0.4, 0.5) is 27.8 Å². The average Bonchev–Trinajstić information content (AvgIpc) is 3.08. The van der Waals surface area contributed by atoms with Crippen LogP contribution in [0.15, 0.2) is 65.6 Å². The van der Waals surface area contributed by atoms with Crippen molar-refractivity contribution in [3.05, 3.63) is 83.1 Å². The van der Waals surface area contributed by atoms with Crippen molar-refractivity contribution >= 4 is 28.9 Å². The number of hydrogen-bond donors (Lipinski definition) is 2.